The van der Waals surface area contributed by atoms with Crippen molar-refractivity contribution in [2.45, 2.75) is 78.6 Å². The molecule has 0 bridgehead atoms. The highest BCUT2D eigenvalue weighted by molar-refractivity contribution is 7.56. The molecule has 1 saturated heterocycles. The third-order valence-corrected chi connectivity index (χ3v) is 7.62. The monoisotopic (exact) mass is 500 g/mol. The average Bonchev–Trinajstić information content (AvgIpc) is 3.25. The fourth-order valence-electron chi connectivity index (χ4n) is 3.98. The molecule has 0 amide bonds. The minimum absolute atomic E-state index is 0.142. The smallest absolute Gasteiger partial charge is 0.323 e. The number of esters is 1. The number of imidazole rings is 1. The molecular weight excluding hydrogens is 466 g/mol. The first-order valence-electron chi connectivity index (χ1n) is 11.3. The van der Waals surface area contributed by atoms with Crippen LogP contribution in [0.5, 0.6) is 0 Å². The molecule has 34 heavy (non-hydrogen) atoms. The van der Waals surface area contributed by atoms with Crippen LogP contribution in [-0.2, 0) is 23.4 Å². The SMILES string of the molecule is CCC1(C)[C@@H](COP(C)(=O)N[C@@H](C)C(=O)OC(C)C)O[C@@H](n2cnc3c(N)nc(C)nc32)[C@@H]1F. The molecule has 2 unspecified atom stereocenters. The second kappa shape index (κ2) is 9.85. The van der Waals surface area contributed by atoms with Crippen molar-refractivity contribution in [2.24, 2.45) is 5.41 Å². The van der Waals surface area contributed by atoms with Crippen molar-refractivity contribution in [3.63, 3.8) is 0 Å². The van der Waals surface area contributed by atoms with Crippen LogP contribution in [0.3, 0.4) is 0 Å². The summed E-state index contributed by atoms with van der Waals surface area (Å²) in [5.74, 6) is 0.0981. The summed E-state index contributed by atoms with van der Waals surface area (Å²) in [6.07, 6.45) is -1.60. The van der Waals surface area contributed by atoms with E-state index in [4.69, 9.17) is 19.7 Å². The van der Waals surface area contributed by atoms with E-state index in [0.29, 0.717) is 23.4 Å². The summed E-state index contributed by atoms with van der Waals surface area (Å²) < 4.78 is 47.1. The summed E-state index contributed by atoms with van der Waals surface area (Å²) in [6, 6.07) is -0.840. The molecule has 190 valence electrons. The van der Waals surface area contributed by atoms with Crippen LogP contribution < -0.4 is 10.8 Å². The van der Waals surface area contributed by atoms with Crippen molar-refractivity contribution in [1.82, 2.24) is 24.6 Å². The lowest BCUT2D eigenvalue weighted by Crippen LogP contribution is -2.38. The Balaban J connectivity index is 1.77. The number of aryl methyl sites for hydroxylation is 1. The number of carbonyl (C=O) groups is 1. The van der Waals surface area contributed by atoms with Gasteiger partial charge in [-0.15, -0.1) is 0 Å². The Labute approximate surface area is 198 Å². The highest BCUT2D eigenvalue weighted by atomic mass is 31.2. The summed E-state index contributed by atoms with van der Waals surface area (Å²) >= 11 is 0. The molecule has 3 rings (SSSR count). The van der Waals surface area contributed by atoms with Gasteiger partial charge in [-0.25, -0.2) is 24.4 Å². The number of ether oxygens (including phenoxy) is 2. The molecule has 2 aromatic rings. The molecule has 1 aliphatic heterocycles. The van der Waals surface area contributed by atoms with E-state index < -0.39 is 43.4 Å². The standard InChI is InChI=1S/C21H34FN6O5P/c1-8-21(6)14(9-31-34(7,30)27-12(4)20(29)32-11(2)3)33-19(16(21)22)28-10-24-15-17(23)25-13(5)26-18(15)28/h10-12,14,16,19H,8-9H2,1-7H3,(H,27,30)(H2,23,25,26)/t12-,14+,16-,19+,21?,34?/m0/s1. The largest absolute Gasteiger partial charge is 0.462 e. The third-order valence-electron chi connectivity index (χ3n) is 6.12. The van der Waals surface area contributed by atoms with Gasteiger partial charge in [0.1, 0.15) is 17.4 Å². The molecule has 0 spiro atoms. The third kappa shape index (κ3) is 5.25. The molecule has 1 aliphatic rings. The minimum Gasteiger partial charge on any atom is -0.462 e. The first-order valence-corrected chi connectivity index (χ1v) is 13.3. The zero-order chi connectivity index (χ0) is 25.4. The Kier molecular flexibility index (Phi) is 7.66. The van der Waals surface area contributed by atoms with Crippen molar-refractivity contribution < 1.29 is 27.7 Å². The lowest BCUT2D eigenvalue weighted by molar-refractivity contribution is -0.149. The molecule has 11 nitrogen and oxygen atoms in total. The molecular formula is C21H34FN6O5P. The van der Waals surface area contributed by atoms with Crippen LogP contribution in [0.2, 0.25) is 0 Å². The molecule has 3 N–H and O–H groups in total. The summed E-state index contributed by atoms with van der Waals surface area (Å²) in [4.78, 5) is 24.7. The van der Waals surface area contributed by atoms with Gasteiger partial charge in [-0.05, 0) is 34.1 Å². The van der Waals surface area contributed by atoms with Crippen LogP contribution in [0, 0.1) is 12.3 Å². The van der Waals surface area contributed by atoms with Gasteiger partial charge in [0, 0.05) is 12.1 Å². The Morgan fingerprint density at radius 3 is 2.71 bits per heavy atom. The van der Waals surface area contributed by atoms with Crippen LogP contribution in [0.1, 0.15) is 53.1 Å². The number of hydrogen-bond acceptors (Lipinski definition) is 9. The number of rotatable bonds is 9. The maximum Gasteiger partial charge on any atom is 0.323 e. The van der Waals surface area contributed by atoms with Gasteiger partial charge in [0.2, 0.25) is 0 Å². The molecule has 2 aromatic heterocycles. The van der Waals surface area contributed by atoms with E-state index in [1.807, 2.05) is 6.92 Å². The fourth-order valence-corrected chi connectivity index (χ4v) is 5.28. The highest BCUT2D eigenvalue weighted by Crippen LogP contribution is 2.50. The number of alkyl halides is 1. The van der Waals surface area contributed by atoms with Gasteiger partial charge >= 0.3 is 5.97 Å². The number of hydrogen-bond donors (Lipinski definition) is 2. The van der Waals surface area contributed by atoms with Gasteiger partial charge < -0.3 is 19.7 Å². The Morgan fingerprint density at radius 2 is 2.09 bits per heavy atom. The van der Waals surface area contributed by atoms with Crippen LogP contribution in [0.4, 0.5) is 10.2 Å². The van der Waals surface area contributed by atoms with E-state index in [9.17, 15) is 9.36 Å². The van der Waals surface area contributed by atoms with Gasteiger partial charge in [0.05, 0.1) is 25.1 Å². The summed E-state index contributed by atoms with van der Waals surface area (Å²) in [7, 11) is -3.43. The first kappa shape index (κ1) is 26.5. The number of nitrogen functional groups attached to an aromatic ring is 1. The Hall–Kier alpha value is -2.14. The van der Waals surface area contributed by atoms with E-state index in [1.165, 1.54) is 17.6 Å². The predicted octanol–water partition coefficient (Wildman–Crippen LogP) is 3.14. The highest BCUT2D eigenvalue weighted by Gasteiger charge is 2.54. The zero-order valence-electron chi connectivity index (χ0n) is 20.6. The molecule has 0 aliphatic carbocycles. The van der Waals surface area contributed by atoms with Crippen molar-refractivity contribution >= 4 is 30.5 Å². The molecule has 0 saturated carbocycles. The molecule has 6 atom stereocenters. The van der Waals surface area contributed by atoms with E-state index >= 15 is 4.39 Å². The van der Waals surface area contributed by atoms with E-state index in [2.05, 4.69) is 20.0 Å². The topological polar surface area (TPSA) is 143 Å². The van der Waals surface area contributed by atoms with Crippen LogP contribution in [-0.4, -0.2) is 63.2 Å². The Bertz CT molecular complexity index is 1100. The molecule has 0 radical (unpaired) electrons. The van der Waals surface area contributed by atoms with Crippen molar-refractivity contribution in [3.05, 3.63) is 12.2 Å². The summed E-state index contributed by atoms with van der Waals surface area (Å²) in [5.41, 5.74) is 5.75. The van der Waals surface area contributed by atoms with Crippen LogP contribution in [0.25, 0.3) is 11.2 Å². The minimum atomic E-state index is -3.43. The van der Waals surface area contributed by atoms with E-state index in [1.54, 1.807) is 34.6 Å². The second-order valence-corrected chi connectivity index (χ2v) is 11.4. The number of nitrogens with one attached hydrogen (secondary N) is 1. The number of carbonyl (C=O) groups excluding carboxylic acids is 1. The number of halogens is 1. The zero-order valence-corrected chi connectivity index (χ0v) is 21.5. The van der Waals surface area contributed by atoms with Crippen LogP contribution in [0.15, 0.2) is 6.33 Å². The van der Waals surface area contributed by atoms with Gasteiger partial charge in [-0.3, -0.25) is 13.9 Å². The lowest BCUT2D eigenvalue weighted by atomic mass is 9.79. The fraction of sp³-hybridized carbons (Fsp3) is 0.714. The number of nitrogens with two attached hydrogens (primary N) is 1. The van der Waals surface area contributed by atoms with Gasteiger partial charge in [0.25, 0.3) is 7.52 Å². The van der Waals surface area contributed by atoms with E-state index in [-0.39, 0.29) is 18.5 Å². The number of fused-ring (bicyclic) bond motifs is 1. The van der Waals surface area contributed by atoms with Crippen molar-refractivity contribution in [1.29, 1.82) is 0 Å². The summed E-state index contributed by atoms with van der Waals surface area (Å²) in [5, 5.41) is 2.68. The number of aromatic nitrogens is 4. The Morgan fingerprint density at radius 1 is 1.41 bits per heavy atom. The number of nitrogens with zero attached hydrogens (tertiary/aromatic N) is 4. The van der Waals surface area contributed by atoms with Gasteiger partial charge in [-0.1, -0.05) is 13.8 Å². The first-order chi connectivity index (χ1) is 15.8. The maximum atomic E-state index is 15.8. The van der Waals surface area contributed by atoms with Gasteiger partial charge in [-0.2, -0.15) is 0 Å². The lowest BCUT2D eigenvalue weighted by Gasteiger charge is -2.30. The maximum absolute atomic E-state index is 15.8. The quantitative estimate of drug-likeness (QED) is 0.389. The molecule has 13 heteroatoms. The predicted molar refractivity (Wildman–Crippen MR) is 125 cm³/mol. The molecule has 3 heterocycles. The molecule has 0 aromatic carbocycles. The molecule has 1 fully saturated rings. The van der Waals surface area contributed by atoms with Crippen LogP contribution >= 0.6 is 7.52 Å². The normalized spacial score (nSPS) is 27.7. The summed E-state index contributed by atoms with van der Waals surface area (Å²) in [6.45, 7) is 11.5. The van der Waals surface area contributed by atoms with E-state index in [0.717, 1.165) is 0 Å². The van der Waals surface area contributed by atoms with Gasteiger partial charge in [0.15, 0.2) is 23.9 Å². The number of anilines is 1. The van der Waals surface area contributed by atoms with Crippen molar-refractivity contribution in [3.8, 4) is 0 Å². The second-order valence-electron chi connectivity index (χ2n) is 9.23. The average molecular weight is 501 g/mol. The van der Waals surface area contributed by atoms with Crippen molar-refractivity contribution in [2.75, 3.05) is 19.0 Å².